The SMILES string of the molecule is CCNC(=O)C(C#N)=C1c2ccccc2N(C)c2ccccc21. The highest BCUT2D eigenvalue weighted by Crippen LogP contribution is 2.45. The first-order valence-electron chi connectivity index (χ1n) is 7.54. The van der Waals surface area contributed by atoms with Crippen LogP contribution in [0.3, 0.4) is 0 Å². The molecule has 0 unspecified atom stereocenters. The van der Waals surface area contributed by atoms with Crippen LogP contribution in [0.1, 0.15) is 18.1 Å². The number of amides is 1. The molecule has 0 saturated carbocycles. The minimum absolute atomic E-state index is 0.153. The predicted octanol–water partition coefficient (Wildman–Crippen LogP) is 3.23. The zero-order valence-electron chi connectivity index (χ0n) is 13.1. The highest BCUT2D eigenvalue weighted by Gasteiger charge is 2.28. The summed E-state index contributed by atoms with van der Waals surface area (Å²) >= 11 is 0. The van der Waals surface area contributed by atoms with Crippen molar-refractivity contribution in [3.8, 4) is 6.07 Å². The summed E-state index contributed by atoms with van der Waals surface area (Å²) in [6, 6.07) is 17.8. The van der Waals surface area contributed by atoms with E-state index in [4.69, 9.17) is 0 Å². The quantitative estimate of drug-likeness (QED) is 0.684. The molecule has 1 aliphatic rings. The maximum atomic E-state index is 12.4. The lowest BCUT2D eigenvalue weighted by molar-refractivity contribution is -0.116. The number of benzene rings is 2. The Morgan fingerprint density at radius 3 is 2.09 bits per heavy atom. The van der Waals surface area contributed by atoms with Crippen LogP contribution in [0.2, 0.25) is 0 Å². The number of nitriles is 1. The van der Waals surface area contributed by atoms with Crippen molar-refractivity contribution < 1.29 is 4.79 Å². The number of hydrogen-bond acceptors (Lipinski definition) is 3. The van der Waals surface area contributed by atoms with Crippen LogP contribution in [-0.4, -0.2) is 19.5 Å². The molecule has 114 valence electrons. The fraction of sp³-hybridized carbons (Fsp3) is 0.158. The van der Waals surface area contributed by atoms with Crippen molar-refractivity contribution in [3.63, 3.8) is 0 Å². The third-order valence-electron chi connectivity index (χ3n) is 4.00. The van der Waals surface area contributed by atoms with Crippen LogP contribution in [0.15, 0.2) is 54.1 Å². The normalized spacial score (nSPS) is 12.0. The second-order valence-electron chi connectivity index (χ2n) is 5.31. The molecule has 0 saturated heterocycles. The molecule has 1 N–H and O–H groups in total. The number of likely N-dealkylation sites (N-methyl/N-ethyl adjacent to an activating group) is 1. The van der Waals surface area contributed by atoms with Crippen LogP contribution in [0.25, 0.3) is 5.57 Å². The van der Waals surface area contributed by atoms with Crippen molar-refractivity contribution in [1.29, 1.82) is 5.26 Å². The van der Waals surface area contributed by atoms with Gasteiger partial charge in [-0.25, -0.2) is 0 Å². The highest BCUT2D eigenvalue weighted by atomic mass is 16.1. The van der Waals surface area contributed by atoms with Crippen molar-refractivity contribution in [2.75, 3.05) is 18.5 Å². The molecule has 0 fully saturated rings. The lowest BCUT2D eigenvalue weighted by Crippen LogP contribution is -2.26. The Hall–Kier alpha value is -3.06. The Morgan fingerprint density at radius 2 is 1.61 bits per heavy atom. The lowest BCUT2D eigenvalue weighted by Gasteiger charge is -2.32. The van der Waals surface area contributed by atoms with E-state index < -0.39 is 0 Å². The van der Waals surface area contributed by atoms with Crippen molar-refractivity contribution in [1.82, 2.24) is 5.32 Å². The Kier molecular flexibility index (Phi) is 3.86. The number of para-hydroxylation sites is 2. The second kappa shape index (κ2) is 5.98. The van der Waals surface area contributed by atoms with Crippen LogP contribution in [0, 0.1) is 11.3 Å². The molecule has 4 heteroatoms. The van der Waals surface area contributed by atoms with Gasteiger partial charge in [-0.05, 0) is 19.1 Å². The largest absolute Gasteiger partial charge is 0.352 e. The van der Waals surface area contributed by atoms with E-state index >= 15 is 0 Å². The first-order valence-corrected chi connectivity index (χ1v) is 7.54. The molecule has 3 rings (SSSR count). The van der Waals surface area contributed by atoms with Gasteiger partial charge in [0.05, 0.1) is 0 Å². The fourth-order valence-electron chi connectivity index (χ4n) is 2.97. The number of carbonyl (C=O) groups excluding carboxylic acids is 1. The van der Waals surface area contributed by atoms with Crippen LogP contribution < -0.4 is 10.2 Å². The van der Waals surface area contributed by atoms with Gasteiger partial charge in [0, 0.05) is 41.7 Å². The standard InChI is InChI=1S/C19H17N3O/c1-3-21-19(23)15(12-20)18-13-8-4-6-10-16(13)22(2)17-11-7-5-9-14(17)18/h4-11H,3H2,1-2H3,(H,21,23). The number of rotatable bonds is 2. The van der Waals surface area contributed by atoms with Crippen molar-refractivity contribution >= 4 is 22.9 Å². The molecule has 1 heterocycles. The van der Waals surface area contributed by atoms with Gasteiger partial charge >= 0.3 is 0 Å². The van der Waals surface area contributed by atoms with Gasteiger partial charge in [-0.1, -0.05) is 36.4 Å². The average Bonchev–Trinajstić information content (AvgIpc) is 2.59. The zero-order valence-corrected chi connectivity index (χ0v) is 13.1. The van der Waals surface area contributed by atoms with E-state index in [1.54, 1.807) is 0 Å². The number of fused-ring (bicyclic) bond motifs is 2. The molecule has 0 atom stereocenters. The fourth-order valence-corrected chi connectivity index (χ4v) is 2.97. The first kappa shape index (κ1) is 14.9. The van der Waals surface area contributed by atoms with Gasteiger partial charge in [-0.3, -0.25) is 4.79 Å². The van der Waals surface area contributed by atoms with Crippen LogP contribution in [0.4, 0.5) is 11.4 Å². The summed E-state index contributed by atoms with van der Waals surface area (Å²) < 4.78 is 0. The van der Waals surface area contributed by atoms with Crippen molar-refractivity contribution in [2.45, 2.75) is 6.92 Å². The Balaban J connectivity index is 2.35. The molecule has 1 amide bonds. The molecule has 0 aromatic heterocycles. The van der Waals surface area contributed by atoms with Crippen LogP contribution in [-0.2, 0) is 4.79 Å². The van der Waals surface area contributed by atoms with Gasteiger partial charge in [-0.15, -0.1) is 0 Å². The van der Waals surface area contributed by atoms with Gasteiger partial charge in [0.15, 0.2) is 0 Å². The summed E-state index contributed by atoms with van der Waals surface area (Å²) in [7, 11) is 1.99. The second-order valence-corrected chi connectivity index (χ2v) is 5.31. The minimum atomic E-state index is -0.334. The van der Waals surface area contributed by atoms with Gasteiger partial charge < -0.3 is 10.2 Å². The molecule has 0 spiro atoms. The topological polar surface area (TPSA) is 56.1 Å². The van der Waals surface area contributed by atoms with Gasteiger partial charge in [0.2, 0.25) is 0 Å². The molecular weight excluding hydrogens is 286 g/mol. The molecule has 2 aromatic rings. The molecule has 2 aromatic carbocycles. The third-order valence-corrected chi connectivity index (χ3v) is 4.00. The number of nitrogens with zero attached hydrogens (tertiary/aromatic N) is 2. The number of nitrogens with one attached hydrogen (secondary N) is 1. The van der Waals surface area contributed by atoms with E-state index in [1.807, 2.05) is 62.5 Å². The molecular formula is C19H17N3O. The first-order chi connectivity index (χ1) is 11.2. The van der Waals surface area contributed by atoms with Gasteiger partial charge in [0.25, 0.3) is 5.91 Å². The zero-order chi connectivity index (χ0) is 16.4. The minimum Gasteiger partial charge on any atom is -0.352 e. The lowest BCUT2D eigenvalue weighted by atomic mass is 9.87. The highest BCUT2D eigenvalue weighted by molar-refractivity contribution is 6.12. The third kappa shape index (κ3) is 2.36. The van der Waals surface area contributed by atoms with Crippen LogP contribution >= 0.6 is 0 Å². The van der Waals surface area contributed by atoms with E-state index in [0.717, 1.165) is 22.5 Å². The van der Waals surface area contributed by atoms with E-state index in [-0.39, 0.29) is 11.5 Å². The Labute approximate surface area is 135 Å². The molecule has 0 aliphatic carbocycles. The smallest absolute Gasteiger partial charge is 0.262 e. The van der Waals surface area contributed by atoms with E-state index in [9.17, 15) is 10.1 Å². The maximum absolute atomic E-state index is 12.4. The molecule has 1 aliphatic heterocycles. The summed E-state index contributed by atoms with van der Waals surface area (Å²) in [5.41, 5.74) is 4.62. The number of hydrogen-bond donors (Lipinski definition) is 1. The average molecular weight is 303 g/mol. The van der Waals surface area contributed by atoms with E-state index in [2.05, 4.69) is 16.3 Å². The van der Waals surface area contributed by atoms with Crippen LogP contribution in [0.5, 0.6) is 0 Å². The van der Waals surface area contributed by atoms with Crippen molar-refractivity contribution in [2.24, 2.45) is 0 Å². The molecule has 23 heavy (non-hydrogen) atoms. The molecule has 4 nitrogen and oxygen atoms in total. The number of carbonyl (C=O) groups is 1. The summed E-state index contributed by atoms with van der Waals surface area (Å²) in [4.78, 5) is 14.5. The Morgan fingerprint density at radius 1 is 1.09 bits per heavy atom. The summed E-state index contributed by atoms with van der Waals surface area (Å²) in [5, 5.41) is 12.3. The summed E-state index contributed by atoms with van der Waals surface area (Å²) in [5.74, 6) is -0.334. The van der Waals surface area contributed by atoms with Gasteiger partial charge in [0.1, 0.15) is 11.6 Å². The summed E-state index contributed by atoms with van der Waals surface area (Å²) in [6.45, 7) is 2.33. The van der Waals surface area contributed by atoms with E-state index in [0.29, 0.717) is 12.1 Å². The Bertz CT molecular complexity index is 796. The molecule has 0 bridgehead atoms. The number of anilines is 2. The molecule has 0 radical (unpaired) electrons. The van der Waals surface area contributed by atoms with Crippen molar-refractivity contribution in [3.05, 3.63) is 65.2 Å². The monoisotopic (exact) mass is 303 g/mol. The predicted molar refractivity (Wildman–Crippen MR) is 91.3 cm³/mol. The van der Waals surface area contributed by atoms with E-state index in [1.165, 1.54) is 0 Å². The summed E-state index contributed by atoms with van der Waals surface area (Å²) in [6.07, 6.45) is 0. The van der Waals surface area contributed by atoms with Gasteiger partial charge in [-0.2, -0.15) is 5.26 Å². The maximum Gasteiger partial charge on any atom is 0.262 e.